The van der Waals surface area contributed by atoms with Gasteiger partial charge in [-0.1, -0.05) is 20.8 Å². The number of nitrogens with zero attached hydrogens (tertiary/aromatic N) is 2. The number of nitro groups is 1. The largest absolute Gasteiger partial charge is 0.511 e. The number of aliphatic hydroxyl groups is 1. The number of ketones is 1. The highest BCUT2D eigenvalue weighted by Crippen LogP contribution is 2.36. The van der Waals surface area contributed by atoms with Crippen molar-refractivity contribution < 1.29 is 14.8 Å². The van der Waals surface area contributed by atoms with Gasteiger partial charge in [0.25, 0.3) is 5.69 Å². The van der Waals surface area contributed by atoms with Crippen molar-refractivity contribution in [3.05, 3.63) is 45.7 Å². The number of nitro benzene ring substituents is 1. The minimum atomic E-state index is -0.470. The van der Waals surface area contributed by atoms with Crippen molar-refractivity contribution in [1.29, 1.82) is 0 Å². The van der Waals surface area contributed by atoms with E-state index in [9.17, 15) is 20.0 Å². The van der Waals surface area contributed by atoms with E-state index in [-0.39, 0.29) is 22.6 Å². The summed E-state index contributed by atoms with van der Waals surface area (Å²) in [6.45, 7) is 5.91. The summed E-state index contributed by atoms with van der Waals surface area (Å²) in [5, 5.41) is 21.0. The maximum Gasteiger partial charge on any atom is 0.269 e. The third-order valence-corrected chi connectivity index (χ3v) is 3.95. The number of aliphatic imine (C=N–C) groups is 1. The van der Waals surface area contributed by atoms with Gasteiger partial charge < -0.3 is 5.11 Å². The first-order valence-electron chi connectivity index (χ1n) is 8.01. The van der Waals surface area contributed by atoms with Crippen LogP contribution in [0.25, 0.3) is 0 Å². The van der Waals surface area contributed by atoms with Gasteiger partial charge in [-0.3, -0.25) is 19.9 Å². The van der Waals surface area contributed by atoms with Crippen LogP contribution in [0.3, 0.4) is 0 Å². The summed E-state index contributed by atoms with van der Waals surface area (Å²) in [6, 6.07) is 5.85. The Morgan fingerprint density at radius 2 is 1.92 bits per heavy atom. The van der Waals surface area contributed by atoms with Crippen LogP contribution in [-0.4, -0.2) is 21.5 Å². The van der Waals surface area contributed by atoms with E-state index in [2.05, 4.69) is 4.99 Å². The van der Waals surface area contributed by atoms with Crippen LogP contribution >= 0.6 is 0 Å². The van der Waals surface area contributed by atoms with Gasteiger partial charge >= 0.3 is 0 Å². The van der Waals surface area contributed by atoms with Crippen LogP contribution < -0.4 is 0 Å². The second kappa shape index (κ2) is 6.95. The van der Waals surface area contributed by atoms with Crippen LogP contribution in [0.4, 0.5) is 11.4 Å². The fourth-order valence-electron chi connectivity index (χ4n) is 2.88. The van der Waals surface area contributed by atoms with E-state index in [4.69, 9.17) is 0 Å². The van der Waals surface area contributed by atoms with Crippen LogP contribution in [0.5, 0.6) is 0 Å². The molecule has 0 atom stereocenters. The summed E-state index contributed by atoms with van der Waals surface area (Å²) in [7, 11) is 0. The molecule has 6 nitrogen and oxygen atoms in total. The van der Waals surface area contributed by atoms with Crippen LogP contribution in [0, 0.1) is 15.5 Å². The number of hydrogen-bond donors (Lipinski definition) is 1. The van der Waals surface area contributed by atoms with Gasteiger partial charge in [0.05, 0.1) is 21.9 Å². The second-order valence-electron chi connectivity index (χ2n) is 6.84. The SMILES string of the molecule is CCCC(O)=C1C(=O)CC(C)(C)CC1=Nc1ccc([N+](=O)[O-])cc1. The molecule has 0 heterocycles. The van der Waals surface area contributed by atoms with Gasteiger partial charge in [-0.2, -0.15) is 0 Å². The number of non-ortho nitro benzene ring substituents is 1. The Labute approximate surface area is 141 Å². The molecule has 0 unspecified atom stereocenters. The lowest BCUT2D eigenvalue weighted by Crippen LogP contribution is -2.32. The van der Waals surface area contributed by atoms with Crippen molar-refractivity contribution >= 4 is 22.9 Å². The molecule has 1 aliphatic rings. The van der Waals surface area contributed by atoms with Gasteiger partial charge in [-0.25, -0.2) is 0 Å². The molecule has 24 heavy (non-hydrogen) atoms. The zero-order chi connectivity index (χ0) is 17.9. The third-order valence-electron chi connectivity index (χ3n) is 3.95. The molecule has 0 radical (unpaired) electrons. The Kier molecular flexibility index (Phi) is 5.17. The quantitative estimate of drug-likeness (QED) is 0.376. The summed E-state index contributed by atoms with van der Waals surface area (Å²) in [5.74, 6) is -0.0171. The molecule has 1 aliphatic carbocycles. The van der Waals surface area contributed by atoms with E-state index in [1.165, 1.54) is 12.1 Å². The molecule has 1 fully saturated rings. The molecule has 0 aliphatic heterocycles. The molecule has 2 rings (SSSR count). The first-order valence-corrected chi connectivity index (χ1v) is 8.01. The average Bonchev–Trinajstić information content (AvgIpc) is 2.46. The van der Waals surface area contributed by atoms with Crippen LogP contribution in [0.2, 0.25) is 0 Å². The van der Waals surface area contributed by atoms with E-state index in [1.807, 2.05) is 20.8 Å². The summed E-state index contributed by atoms with van der Waals surface area (Å²) in [5.41, 5.74) is 1.16. The zero-order valence-electron chi connectivity index (χ0n) is 14.2. The lowest BCUT2D eigenvalue weighted by atomic mass is 9.73. The predicted molar refractivity (Wildman–Crippen MR) is 92.8 cm³/mol. The topological polar surface area (TPSA) is 92.8 Å². The normalized spacial score (nSPS) is 21.0. The van der Waals surface area contributed by atoms with Crippen LogP contribution in [-0.2, 0) is 4.79 Å². The highest BCUT2D eigenvalue weighted by molar-refractivity contribution is 6.25. The molecule has 0 spiro atoms. The molecule has 6 heteroatoms. The Bertz CT molecular complexity index is 715. The standard InChI is InChI=1S/C18H22N2O4/c1-4-5-15(21)17-14(10-18(2,3)11-16(17)22)19-12-6-8-13(9-7-12)20(23)24/h6-9,21H,4-5,10-11H2,1-3H3. The summed E-state index contributed by atoms with van der Waals surface area (Å²) >= 11 is 0. The van der Waals surface area contributed by atoms with Gasteiger partial charge in [-0.05, 0) is 30.4 Å². The highest BCUT2D eigenvalue weighted by Gasteiger charge is 2.36. The molecule has 1 saturated carbocycles. The fourth-order valence-corrected chi connectivity index (χ4v) is 2.88. The number of benzene rings is 1. The minimum Gasteiger partial charge on any atom is -0.511 e. The van der Waals surface area contributed by atoms with Gasteiger partial charge in [0.2, 0.25) is 0 Å². The predicted octanol–water partition coefficient (Wildman–Crippen LogP) is 4.67. The maximum atomic E-state index is 12.5. The lowest BCUT2D eigenvalue weighted by Gasteiger charge is -2.31. The van der Waals surface area contributed by atoms with Crippen molar-refractivity contribution in [2.24, 2.45) is 10.4 Å². The molecule has 0 saturated heterocycles. The van der Waals surface area contributed by atoms with E-state index in [1.54, 1.807) is 12.1 Å². The van der Waals surface area contributed by atoms with Gasteiger partial charge in [-0.15, -0.1) is 0 Å². The van der Waals surface area contributed by atoms with Gasteiger partial charge in [0, 0.05) is 25.0 Å². The first-order chi connectivity index (χ1) is 11.2. The highest BCUT2D eigenvalue weighted by atomic mass is 16.6. The van der Waals surface area contributed by atoms with Crippen molar-refractivity contribution in [3.63, 3.8) is 0 Å². The number of allylic oxidation sites excluding steroid dienone is 2. The Balaban J connectivity index is 2.46. The molecule has 1 aromatic carbocycles. The monoisotopic (exact) mass is 330 g/mol. The summed E-state index contributed by atoms with van der Waals surface area (Å²) in [6.07, 6.45) is 2.10. The molecule has 128 valence electrons. The number of Topliss-reactive ketones (excluding diaryl/α,β-unsaturated/α-hetero) is 1. The Morgan fingerprint density at radius 1 is 1.29 bits per heavy atom. The van der Waals surface area contributed by atoms with Gasteiger partial charge in [0.15, 0.2) is 5.78 Å². The molecule has 0 bridgehead atoms. The molecule has 1 N–H and O–H groups in total. The number of aliphatic hydroxyl groups excluding tert-OH is 1. The molecule has 0 aromatic heterocycles. The molecular formula is C18H22N2O4. The molecule has 0 amide bonds. The number of hydrogen-bond acceptors (Lipinski definition) is 5. The Hall–Kier alpha value is -2.50. The van der Waals surface area contributed by atoms with Crippen LogP contribution in [0.1, 0.15) is 46.5 Å². The third kappa shape index (κ3) is 4.07. The van der Waals surface area contributed by atoms with Crippen molar-refractivity contribution in [2.45, 2.75) is 46.5 Å². The first kappa shape index (κ1) is 17.8. The molecule has 1 aromatic rings. The van der Waals surface area contributed by atoms with Crippen molar-refractivity contribution in [1.82, 2.24) is 0 Å². The number of rotatable bonds is 4. The van der Waals surface area contributed by atoms with E-state index >= 15 is 0 Å². The van der Waals surface area contributed by atoms with Crippen molar-refractivity contribution in [2.75, 3.05) is 0 Å². The number of carbonyl (C=O) groups excluding carboxylic acids is 1. The van der Waals surface area contributed by atoms with E-state index in [0.29, 0.717) is 36.2 Å². The van der Waals surface area contributed by atoms with E-state index in [0.717, 1.165) is 6.42 Å². The smallest absolute Gasteiger partial charge is 0.269 e. The lowest BCUT2D eigenvalue weighted by molar-refractivity contribution is -0.384. The van der Waals surface area contributed by atoms with Gasteiger partial charge in [0.1, 0.15) is 5.76 Å². The number of carbonyl (C=O) groups is 1. The minimum absolute atomic E-state index is 0.0106. The van der Waals surface area contributed by atoms with Crippen LogP contribution in [0.15, 0.2) is 40.6 Å². The zero-order valence-corrected chi connectivity index (χ0v) is 14.2. The summed E-state index contributed by atoms with van der Waals surface area (Å²) < 4.78 is 0. The summed E-state index contributed by atoms with van der Waals surface area (Å²) in [4.78, 5) is 27.2. The Morgan fingerprint density at radius 3 is 2.46 bits per heavy atom. The average molecular weight is 330 g/mol. The van der Waals surface area contributed by atoms with Crippen molar-refractivity contribution in [3.8, 4) is 0 Å². The van der Waals surface area contributed by atoms with E-state index < -0.39 is 4.92 Å². The second-order valence-corrected chi connectivity index (χ2v) is 6.84. The fraction of sp³-hybridized carbons (Fsp3) is 0.444. The molecular weight excluding hydrogens is 308 g/mol. The maximum absolute atomic E-state index is 12.5.